The molecule has 7 nitrogen and oxygen atoms in total. The summed E-state index contributed by atoms with van der Waals surface area (Å²) in [6, 6.07) is 9.09. The maximum Gasteiger partial charge on any atom is 0.251 e. The van der Waals surface area contributed by atoms with E-state index in [1.54, 1.807) is 12.1 Å². The molecule has 0 bridgehead atoms. The molecule has 1 saturated carbocycles. The Labute approximate surface area is 182 Å². The number of rotatable bonds is 8. The summed E-state index contributed by atoms with van der Waals surface area (Å²) >= 11 is 1.39. The lowest BCUT2D eigenvalue weighted by molar-refractivity contribution is -0.119. The van der Waals surface area contributed by atoms with Crippen LogP contribution in [-0.4, -0.2) is 38.4 Å². The molecule has 1 heterocycles. The number of nitrogens with zero attached hydrogens (tertiary/aromatic N) is 3. The van der Waals surface area contributed by atoms with E-state index in [1.807, 2.05) is 36.6 Å². The van der Waals surface area contributed by atoms with Crippen LogP contribution in [0.2, 0.25) is 0 Å². The van der Waals surface area contributed by atoms with E-state index >= 15 is 0 Å². The Balaban J connectivity index is 1.58. The van der Waals surface area contributed by atoms with Crippen LogP contribution in [0.1, 0.15) is 68.7 Å². The molecule has 8 heteroatoms. The van der Waals surface area contributed by atoms with E-state index in [4.69, 9.17) is 0 Å². The Morgan fingerprint density at radius 2 is 1.93 bits per heavy atom. The molecule has 0 aliphatic heterocycles. The Morgan fingerprint density at radius 1 is 1.20 bits per heavy atom. The van der Waals surface area contributed by atoms with Gasteiger partial charge < -0.3 is 15.2 Å². The van der Waals surface area contributed by atoms with Gasteiger partial charge in [-0.05, 0) is 44.7 Å². The Hall–Kier alpha value is -2.35. The number of carbonyl (C=O) groups is 2. The molecule has 0 unspecified atom stereocenters. The van der Waals surface area contributed by atoms with Crippen LogP contribution in [0.3, 0.4) is 0 Å². The molecule has 3 rings (SSSR count). The highest BCUT2D eigenvalue weighted by molar-refractivity contribution is 7.99. The molecule has 0 saturated heterocycles. The Kier molecular flexibility index (Phi) is 7.90. The average Bonchev–Trinajstić information content (AvgIpc) is 3.17. The first-order valence-corrected chi connectivity index (χ1v) is 11.7. The lowest BCUT2D eigenvalue weighted by Gasteiger charge is -2.29. The van der Waals surface area contributed by atoms with Gasteiger partial charge in [-0.25, -0.2) is 0 Å². The van der Waals surface area contributed by atoms with Gasteiger partial charge in [-0.2, -0.15) is 0 Å². The number of nitrogens with one attached hydrogen (secondary N) is 2. The van der Waals surface area contributed by atoms with Gasteiger partial charge in [0.2, 0.25) is 5.91 Å². The zero-order chi connectivity index (χ0) is 21.5. The summed E-state index contributed by atoms with van der Waals surface area (Å²) in [7, 11) is 0. The molecule has 2 aromatic rings. The predicted molar refractivity (Wildman–Crippen MR) is 118 cm³/mol. The van der Waals surface area contributed by atoms with Gasteiger partial charge in [0.25, 0.3) is 5.91 Å². The fourth-order valence-corrected chi connectivity index (χ4v) is 4.69. The van der Waals surface area contributed by atoms with Crippen molar-refractivity contribution in [2.45, 2.75) is 70.2 Å². The highest BCUT2D eigenvalue weighted by Gasteiger charge is 2.24. The summed E-state index contributed by atoms with van der Waals surface area (Å²) in [4.78, 5) is 24.9. The fraction of sp³-hybridized carbons (Fsp3) is 0.545. The third-order valence-electron chi connectivity index (χ3n) is 5.62. The van der Waals surface area contributed by atoms with Crippen LogP contribution >= 0.6 is 11.8 Å². The van der Waals surface area contributed by atoms with E-state index in [2.05, 4.69) is 27.8 Å². The Bertz CT molecular complexity index is 854. The van der Waals surface area contributed by atoms with Crippen molar-refractivity contribution in [1.29, 1.82) is 0 Å². The maximum absolute atomic E-state index is 12.4. The normalized spacial score (nSPS) is 19.8. The highest BCUT2D eigenvalue weighted by Crippen LogP contribution is 2.24. The van der Waals surface area contributed by atoms with Crippen LogP contribution < -0.4 is 10.6 Å². The van der Waals surface area contributed by atoms with E-state index in [0.717, 1.165) is 6.42 Å². The molecule has 0 radical (unpaired) electrons. The van der Waals surface area contributed by atoms with Gasteiger partial charge >= 0.3 is 0 Å². The summed E-state index contributed by atoms with van der Waals surface area (Å²) in [6.45, 7) is 6.77. The first kappa shape index (κ1) is 22.3. The second-order valence-electron chi connectivity index (χ2n) is 7.87. The largest absolute Gasteiger partial charge is 0.352 e. The molecule has 30 heavy (non-hydrogen) atoms. The van der Waals surface area contributed by atoms with Gasteiger partial charge in [0.1, 0.15) is 0 Å². The van der Waals surface area contributed by atoms with Crippen molar-refractivity contribution >= 4 is 23.6 Å². The van der Waals surface area contributed by atoms with Crippen molar-refractivity contribution in [1.82, 2.24) is 25.4 Å². The molecule has 2 N–H and O–H groups in total. The quantitative estimate of drug-likeness (QED) is 0.626. The first-order valence-electron chi connectivity index (χ1n) is 10.7. The molecule has 1 fully saturated rings. The number of thioether (sulfide) groups is 1. The molecule has 1 aromatic heterocycles. The molecule has 1 aliphatic rings. The van der Waals surface area contributed by atoms with Gasteiger partial charge in [-0.1, -0.05) is 49.7 Å². The van der Waals surface area contributed by atoms with Crippen LogP contribution in [0.5, 0.6) is 0 Å². The number of aromatic nitrogens is 3. The smallest absolute Gasteiger partial charge is 0.251 e. The van der Waals surface area contributed by atoms with Crippen LogP contribution in [0.25, 0.3) is 0 Å². The topological polar surface area (TPSA) is 88.9 Å². The van der Waals surface area contributed by atoms with Crippen molar-refractivity contribution in [2.24, 2.45) is 5.92 Å². The van der Waals surface area contributed by atoms with E-state index in [9.17, 15) is 9.59 Å². The molecule has 0 spiro atoms. The second kappa shape index (κ2) is 10.6. The molecular formula is C22H31N5O2S. The van der Waals surface area contributed by atoms with Crippen LogP contribution in [-0.2, 0) is 11.3 Å². The lowest BCUT2D eigenvalue weighted by atomic mass is 9.86. The summed E-state index contributed by atoms with van der Waals surface area (Å²) in [5, 5.41) is 15.4. The lowest BCUT2D eigenvalue weighted by Crippen LogP contribution is -2.41. The zero-order valence-electron chi connectivity index (χ0n) is 17.9. The van der Waals surface area contributed by atoms with Crippen LogP contribution in [0, 0.1) is 5.92 Å². The number of hydrogen-bond acceptors (Lipinski definition) is 5. The van der Waals surface area contributed by atoms with Gasteiger partial charge in [0.05, 0.1) is 11.8 Å². The first-order chi connectivity index (χ1) is 14.5. The molecule has 1 aliphatic carbocycles. The van der Waals surface area contributed by atoms with Crippen molar-refractivity contribution in [3.63, 3.8) is 0 Å². The number of carbonyl (C=O) groups excluding carboxylic acids is 2. The maximum atomic E-state index is 12.4. The number of hydrogen-bond donors (Lipinski definition) is 2. The minimum Gasteiger partial charge on any atom is -0.352 e. The van der Waals surface area contributed by atoms with Gasteiger partial charge in [-0.15, -0.1) is 10.2 Å². The third-order valence-corrected chi connectivity index (χ3v) is 6.59. The minimum atomic E-state index is -0.295. The summed E-state index contributed by atoms with van der Waals surface area (Å²) in [5.74, 6) is 1.42. The highest BCUT2D eigenvalue weighted by atomic mass is 32.2. The third kappa shape index (κ3) is 5.62. The van der Waals surface area contributed by atoms with Crippen LogP contribution in [0.4, 0.5) is 0 Å². The molecule has 2 amide bonds. The van der Waals surface area contributed by atoms with E-state index in [1.165, 1.54) is 31.0 Å². The van der Waals surface area contributed by atoms with E-state index in [0.29, 0.717) is 34.8 Å². The average molecular weight is 430 g/mol. The van der Waals surface area contributed by atoms with Gasteiger partial charge in [-0.3, -0.25) is 9.59 Å². The van der Waals surface area contributed by atoms with Crippen molar-refractivity contribution < 1.29 is 9.59 Å². The SMILES string of the molecule is CCn1c(SCC(=O)N[C@H]2CCCC[C@@H]2C)nnc1[C@@H](C)NC(=O)c1ccccc1. The number of benzene rings is 1. The zero-order valence-corrected chi connectivity index (χ0v) is 18.7. The fourth-order valence-electron chi connectivity index (χ4n) is 3.87. The van der Waals surface area contributed by atoms with Gasteiger partial charge in [0.15, 0.2) is 11.0 Å². The van der Waals surface area contributed by atoms with E-state index < -0.39 is 0 Å². The second-order valence-corrected chi connectivity index (χ2v) is 8.81. The minimum absolute atomic E-state index is 0.0383. The molecule has 3 atom stereocenters. The molecular weight excluding hydrogens is 398 g/mol. The van der Waals surface area contributed by atoms with Crippen molar-refractivity contribution in [3.05, 3.63) is 41.7 Å². The van der Waals surface area contributed by atoms with Crippen molar-refractivity contribution in [3.8, 4) is 0 Å². The summed E-state index contributed by atoms with van der Waals surface area (Å²) < 4.78 is 1.96. The molecule has 162 valence electrons. The summed E-state index contributed by atoms with van der Waals surface area (Å²) in [5.41, 5.74) is 0.607. The monoisotopic (exact) mass is 429 g/mol. The standard InChI is InChI=1S/C22H31N5O2S/c1-4-27-20(16(3)23-21(29)17-11-6-5-7-12-17)25-26-22(27)30-14-19(28)24-18-13-9-8-10-15(18)2/h5-7,11-12,15-16,18H,4,8-10,13-14H2,1-3H3,(H,23,29)(H,24,28)/t15-,16+,18-/m0/s1. The van der Waals surface area contributed by atoms with Gasteiger partial charge in [0, 0.05) is 18.2 Å². The predicted octanol–water partition coefficient (Wildman–Crippen LogP) is 3.58. The molecule has 1 aromatic carbocycles. The van der Waals surface area contributed by atoms with Crippen LogP contribution in [0.15, 0.2) is 35.5 Å². The van der Waals surface area contributed by atoms with E-state index in [-0.39, 0.29) is 23.9 Å². The van der Waals surface area contributed by atoms with Crippen molar-refractivity contribution in [2.75, 3.05) is 5.75 Å². The number of amides is 2. The Morgan fingerprint density at radius 3 is 2.63 bits per heavy atom. The summed E-state index contributed by atoms with van der Waals surface area (Å²) in [6.07, 6.45) is 4.68.